The molecule has 0 spiro atoms. The van der Waals surface area contributed by atoms with Crippen molar-refractivity contribution >= 4 is 29.1 Å². The summed E-state index contributed by atoms with van der Waals surface area (Å²) in [6.07, 6.45) is 4.60. The standard InChI is InChI=1S/C16H18Cl2N4O/c17-13-5-3-11(14(18)8-13)4-6-15(23)22-7-1-2-12(9-22)16-19-10-20-21-16/h3,5,8,10,12H,1-2,4,6-7,9H2,(H,19,20,21). The quantitative estimate of drug-likeness (QED) is 0.916. The predicted molar refractivity (Wildman–Crippen MR) is 89.7 cm³/mol. The Morgan fingerprint density at radius 3 is 3.00 bits per heavy atom. The van der Waals surface area contributed by atoms with Crippen molar-refractivity contribution in [2.24, 2.45) is 0 Å². The first kappa shape index (κ1) is 16.3. The monoisotopic (exact) mass is 352 g/mol. The van der Waals surface area contributed by atoms with Gasteiger partial charge in [-0.15, -0.1) is 0 Å². The van der Waals surface area contributed by atoms with Crippen LogP contribution in [0.2, 0.25) is 10.0 Å². The number of carbonyl (C=O) groups is 1. The van der Waals surface area contributed by atoms with Gasteiger partial charge in [0.25, 0.3) is 0 Å². The number of aryl methyl sites for hydroxylation is 1. The number of rotatable bonds is 4. The van der Waals surface area contributed by atoms with Gasteiger partial charge in [-0.05, 0) is 37.0 Å². The zero-order valence-electron chi connectivity index (χ0n) is 12.6. The number of H-pyrrole nitrogens is 1. The highest BCUT2D eigenvalue weighted by molar-refractivity contribution is 6.35. The number of benzene rings is 1. The van der Waals surface area contributed by atoms with Crippen LogP contribution in [0.1, 0.15) is 36.6 Å². The second-order valence-corrected chi connectivity index (χ2v) is 6.63. The van der Waals surface area contributed by atoms with Gasteiger partial charge in [0.15, 0.2) is 0 Å². The molecule has 3 rings (SSSR count). The Bertz CT molecular complexity index is 675. The van der Waals surface area contributed by atoms with Gasteiger partial charge in [0.1, 0.15) is 12.2 Å². The lowest BCUT2D eigenvalue weighted by atomic mass is 9.97. The Labute approximate surface area is 145 Å². The molecular formula is C16H18Cl2N4O. The van der Waals surface area contributed by atoms with Crippen LogP contribution in [-0.2, 0) is 11.2 Å². The lowest BCUT2D eigenvalue weighted by molar-refractivity contribution is -0.132. The van der Waals surface area contributed by atoms with Crippen LogP contribution in [0.3, 0.4) is 0 Å². The maximum Gasteiger partial charge on any atom is 0.222 e. The molecule has 1 fully saturated rings. The summed E-state index contributed by atoms with van der Waals surface area (Å²) in [5.74, 6) is 1.26. The van der Waals surface area contributed by atoms with Crippen molar-refractivity contribution in [3.63, 3.8) is 0 Å². The largest absolute Gasteiger partial charge is 0.342 e. The topological polar surface area (TPSA) is 61.9 Å². The molecule has 2 aromatic rings. The number of hydrogen-bond donors (Lipinski definition) is 1. The molecule has 122 valence electrons. The molecule has 1 aliphatic rings. The molecule has 0 bridgehead atoms. The molecule has 0 aliphatic carbocycles. The SMILES string of the molecule is O=C(CCc1ccc(Cl)cc1Cl)N1CCCC(c2ncn[nH]2)C1. The highest BCUT2D eigenvalue weighted by atomic mass is 35.5. The van der Waals surface area contributed by atoms with E-state index >= 15 is 0 Å². The number of likely N-dealkylation sites (tertiary alicyclic amines) is 1. The van der Waals surface area contributed by atoms with Crippen molar-refractivity contribution in [3.05, 3.63) is 46.0 Å². The molecule has 1 aromatic carbocycles. The third-order valence-corrected chi connectivity index (χ3v) is 4.80. The minimum atomic E-state index is 0.153. The number of nitrogens with zero attached hydrogens (tertiary/aromatic N) is 3. The van der Waals surface area contributed by atoms with Crippen molar-refractivity contribution in [2.75, 3.05) is 13.1 Å². The summed E-state index contributed by atoms with van der Waals surface area (Å²) in [6.45, 7) is 1.50. The number of aromatic amines is 1. The normalized spacial score (nSPS) is 18.2. The fourth-order valence-corrected chi connectivity index (χ4v) is 3.47. The predicted octanol–water partition coefficient (Wildman–Crippen LogP) is 3.45. The van der Waals surface area contributed by atoms with Crippen LogP contribution in [0.5, 0.6) is 0 Å². The Morgan fingerprint density at radius 2 is 2.26 bits per heavy atom. The van der Waals surface area contributed by atoms with Gasteiger partial charge in [0.05, 0.1) is 0 Å². The van der Waals surface area contributed by atoms with Gasteiger partial charge in [-0.2, -0.15) is 5.10 Å². The van der Waals surface area contributed by atoms with Crippen molar-refractivity contribution in [3.8, 4) is 0 Å². The van der Waals surface area contributed by atoms with E-state index in [9.17, 15) is 4.79 Å². The highest BCUT2D eigenvalue weighted by Gasteiger charge is 2.26. The number of piperidine rings is 1. The van der Waals surface area contributed by atoms with Crippen molar-refractivity contribution < 1.29 is 4.79 Å². The number of amides is 1. The van der Waals surface area contributed by atoms with E-state index in [0.717, 1.165) is 30.8 Å². The van der Waals surface area contributed by atoms with E-state index in [1.807, 2.05) is 11.0 Å². The van der Waals surface area contributed by atoms with E-state index < -0.39 is 0 Å². The van der Waals surface area contributed by atoms with Gasteiger partial charge in [0.2, 0.25) is 5.91 Å². The Kier molecular flexibility index (Phi) is 5.18. The lowest BCUT2D eigenvalue weighted by Gasteiger charge is -2.31. The minimum Gasteiger partial charge on any atom is -0.342 e. The number of nitrogens with one attached hydrogen (secondary N) is 1. The van der Waals surface area contributed by atoms with E-state index in [-0.39, 0.29) is 11.8 Å². The summed E-state index contributed by atoms with van der Waals surface area (Å²) in [5, 5.41) is 8.02. The molecule has 1 saturated heterocycles. The smallest absolute Gasteiger partial charge is 0.222 e. The molecular weight excluding hydrogens is 335 g/mol. The zero-order chi connectivity index (χ0) is 16.2. The number of aromatic nitrogens is 3. The summed E-state index contributed by atoms with van der Waals surface area (Å²) in [5.41, 5.74) is 0.952. The van der Waals surface area contributed by atoms with Crippen LogP contribution in [0, 0.1) is 0 Å². The number of carbonyl (C=O) groups excluding carboxylic acids is 1. The summed E-state index contributed by atoms with van der Waals surface area (Å²) >= 11 is 12.1. The molecule has 1 aliphatic heterocycles. The summed E-state index contributed by atoms with van der Waals surface area (Å²) < 4.78 is 0. The van der Waals surface area contributed by atoms with Crippen LogP contribution >= 0.6 is 23.2 Å². The van der Waals surface area contributed by atoms with Gasteiger partial charge in [-0.3, -0.25) is 9.89 Å². The van der Waals surface area contributed by atoms with Gasteiger partial charge in [-0.1, -0.05) is 29.3 Å². The van der Waals surface area contributed by atoms with Crippen LogP contribution in [-0.4, -0.2) is 39.1 Å². The highest BCUT2D eigenvalue weighted by Crippen LogP contribution is 2.26. The number of hydrogen-bond acceptors (Lipinski definition) is 3. The van der Waals surface area contributed by atoms with E-state index in [0.29, 0.717) is 29.4 Å². The third-order valence-electron chi connectivity index (χ3n) is 4.22. The molecule has 1 amide bonds. The van der Waals surface area contributed by atoms with Crippen molar-refractivity contribution in [2.45, 2.75) is 31.6 Å². The molecule has 2 heterocycles. The van der Waals surface area contributed by atoms with Gasteiger partial charge < -0.3 is 4.90 Å². The summed E-state index contributed by atoms with van der Waals surface area (Å²) in [6, 6.07) is 5.39. The molecule has 0 saturated carbocycles. The van der Waals surface area contributed by atoms with Gasteiger partial charge in [-0.25, -0.2) is 4.98 Å². The van der Waals surface area contributed by atoms with Crippen LogP contribution < -0.4 is 0 Å². The molecule has 1 aromatic heterocycles. The molecule has 1 N–H and O–H groups in total. The second kappa shape index (κ2) is 7.32. The van der Waals surface area contributed by atoms with E-state index in [4.69, 9.17) is 23.2 Å². The average molecular weight is 353 g/mol. The maximum atomic E-state index is 12.5. The molecule has 0 radical (unpaired) electrons. The fourth-order valence-electron chi connectivity index (χ4n) is 2.96. The van der Waals surface area contributed by atoms with E-state index in [1.165, 1.54) is 6.33 Å². The molecule has 1 unspecified atom stereocenters. The zero-order valence-corrected chi connectivity index (χ0v) is 14.1. The summed E-state index contributed by atoms with van der Waals surface area (Å²) in [4.78, 5) is 18.6. The first-order valence-electron chi connectivity index (χ1n) is 7.70. The maximum absolute atomic E-state index is 12.5. The van der Waals surface area contributed by atoms with E-state index in [1.54, 1.807) is 12.1 Å². The van der Waals surface area contributed by atoms with Crippen molar-refractivity contribution in [1.82, 2.24) is 20.1 Å². The van der Waals surface area contributed by atoms with Crippen LogP contribution in [0.4, 0.5) is 0 Å². The third kappa shape index (κ3) is 4.03. The fraction of sp³-hybridized carbons (Fsp3) is 0.438. The molecule has 7 heteroatoms. The van der Waals surface area contributed by atoms with Crippen LogP contribution in [0.15, 0.2) is 24.5 Å². The first-order valence-corrected chi connectivity index (χ1v) is 8.46. The van der Waals surface area contributed by atoms with Crippen molar-refractivity contribution in [1.29, 1.82) is 0 Å². The Balaban J connectivity index is 1.57. The minimum absolute atomic E-state index is 0.153. The van der Waals surface area contributed by atoms with Gasteiger partial charge >= 0.3 is 0 Å². The Morgan fingerprint density at radius 1 is 1.39 bits per heavy atom. The lowest BCUT2D eigenvalue weighted by Crippen LogP contribution is -2.39. The molecule has 5 nitrogen and oxygen atoms in total. The second-order valence-electron chi connectivity index (χ2n) is 5.79. The first-order chi connectivity index (χ1) is 11.1. The average Bonchev–Trinajstić information content (AvgIpc) is 3.08. The van der Waals surface area contributed by atoms with Gasteiger partial charge in [0, 0.05) is 35.5 Å². The number of halogens is 2. The molecule has 23 heavy (non-hydrogen) atoms. The summed E-state index contributed by atoms with van der Waals surface area (Å²) in [7, 11) is 0. The Hall–Kier alpha value is -1.59. The van der Waals surface area contributed by atoms with Crippen LogP contribution in [0.25, 0.3) is 0 Å². The van der Waals surface area contributed by atoms with E-state index in [2.05, 4.69) is 15.2 Å². The molecule has 1 atom stereocenters.